The lowest BCUT2D eigenvalue weighted by Gasteiger charge is -2.14. The number of hydrogen-bond acceptors (Lipinski definition) is 1. The molecule has 0 saturated heterocycles. The molecule has 2 heteroatoms. The van der Waals surface area contributed by atoms with Crippen LogP contribution in [0.25, 0.3) is 0 Å². The molecule has 66 valence electrons. The van der Waals surface area contributed by atoms with E-state index in [9.17, 15) is 0 Å². The minimum atomic E-state index is 0.629. The van der Waals surface area contributed by atoms with Gasteiger partial charge in [-0.15, -0.1) is 0 Å². The minimum Gasteiger partial charge on any atom is -0.469 e. The third-order valence-electron chi connectivity index (χ3n) is 2.87. The van der Waals surface area contributed by atoms with Crippen molar-refractivity contribution in [1.29, 1.82) is 0 Å². The van der Waals surface area contributed by atoms with Crippen molar-refractivity contribution in [3.63, 3.8) is 0 Å². The molecule has 1 aromatic rings. The maximum Gasteiger partial charge on any atom is 0.107 e. The fourth-order valence-corrected chi connectivity index (χ4v) is 2.65. The smallest absolute Gasteiger partial charge is 0.107 e. The van der Waals surface area contributed by atoms with Crippen molar-refractivity contribution in [2.45, 2.75) is 30.5 Å². The summed E-state index contributed by atoms with van der Waals surface area (Å²) in [5, 5.41) is 0. The Labute approximate surface area is 81.3 Å². The molecule has 0 bridgehead atoms. The lowest BCUT2D eigenvalue weighted by atomic mass is 9.96. The van der Waals surface area contributed by atoms with E-state index in [1.807, 2.05) is 6.07 Å². The quantitative estimate of drug-likeness (QED) is 0.671. The summed E-state index contributed by atoms with van der Waals surface area (Å²) in [5.74, 6) is 2.49. The third kappa shape index (κ3) is 1.33. The van der Waals surface area contributed by atoms with Crippen LogP contribution >= 0.6 is 15.9 Å². The predicted octanol–water partition coefficient (Wildman–Crippen LogP) is 3.56. The monoisotopic (exact) mass is 228 g/mol. The molecule has 0 spiro atoms. The second-order valence-electron chi connectivity index (χ2n) is 3.57. The van der Waals surface area contributed by atoms with Crippen LogP contribution in [-0.2, 0) is 0 Å². The Hall–Kier alpha value is -0.240. The van der Waals surface area contributed by atoms with Crippen molar-refractivity contribution in [2.75, 3.05) is 0 Å². The highest BCUT2D eigenvalue weighted by Gasteiger charge is 2.33. The fraction of sp³-hybridized carbons (Fsp3) is 0.600. The van der Waals surface area contributed by atoms with Crippen LogP contribution in [0, 0.1) is 5.92 Å². The van der Waals surface area contributed by atoms with E-state index in [1.54, 1.807) is 6.26 Å². The van der Waals surface area contributed by atoms with Crippen LogP contribution in [0.3, 0.4) is 0 Å². The summed E-state index contributed by atoms with van der Waals surface area (Å²) in [7, 11) is 0. The Morgan fingerprint density at radius 2 is 2.33 bits per heavy atom. The number of alkyl halides is 1. The zero-order valence-corrected chi connectivity index (χ0v) is 8.75. The van der Waals surface area contributed by atoms with Gasteiger partial charge in [0, 0.05) is 10.7 Å². The minimum absolute atomic E-state index is 0.629. The molecule has 1 heterocycles. The van der Waals surface area contributed by atoms with Crippen molar-refractivity contribution in [3.05, 3.63) is 24.2 Å². The zero-order chi connectivity index (χ0) is 8.55. The Kier molecular flexibility index (Phi) is 2.26. The summed E-state index contributed by atoms with van der Waals surface area (Å²) in [5.41, 5.74) is 0. The molecule has 0 amide bonds. The van der Waals surface area contributed by atoms with Gasteiger partial charge in [0.05, 0.1) is 6.26 Å². The SMILES string of the molecule is CC1C(Br)CCC1c1ccco1. The zero-order valence-electron chi connectivity index (χ0n) is 7.16. The molecule has 12 heavy (non-hydrogen) atoms. The lowest BCUT2D eigenvalue weighted by molar-refractivity contribution is 0.418. The van der Waals surface area contributed by atoms with Crippen LogP contribution in [0.4, 0.5) is 0 Å². The van der Waals surface area contributed by atoms with E-state index in [-0.39, 0.29) is 0 Å². The van der Waals surface area contributed by atoms with Crippen molar-refractivity contribution in [1.82, 2.24) is 0 Å². The summed E-state index contributed by atoms with van der Waals surface area (Å²) < 4.78 is 5.42. The Balaban J connectivity index is 2.16. The molecule has 1 nitrogen and oxygen atoms in total. The van der Waals surface area contributed by atoms with Crippen LogP contribution in [0.5, 0.6) is 0 Å². The molecule has 1 aliphatic carbocycles. The first-order chi connectivity index (χ1) is 5.79. The van der Waals surface area contributed by atoms with Gasteiger partial charge in [-0.1, -0.05) is 22.9 Å². The summed E-state index contributed by atoms with van der Waals surface area (Å²) in [6, 6.07) is 4.07. The van der Waals surface area contributed by atoms with Crippen molar-refractivity contribution < 1.29 is 4.42 Å². The first-order valence-electron chi connectivity index (χ1n) is 4.46. The second kappa shape index (κ2) is 3.25. The molecule has 1 saturated carbocycles. The largest absolute Gasteiger partial charge is 0.469 e. The standard InChI is InChI=1S/C10H13BrO/c1-7-8(4-5-9(7)11)10-3-2-6-12-10/h2-3,6-9H,4-5H2,1H3. The van der Waals surface area contributed by atoms with Gasteiger partial charge in [-0.2, -0.15) is 0 Å². The van der Waals surface area contributed by atoms with Crippen LogP contribution < -0.4 is 0 Å². The summed E-state index contributed by atoms with van der Waals surface area (Å²) >= 11 is 3.69. The number of hydrogen-bond donors (Lipinski definition) is 0. The van der Waals surface area contributed by atoms with Gasteiger partial charge in [0.2, 0.25) is 0 Å². The van der Waals surface area contributed by atoms with Gasteiger partial charge in [-0.3, -0.25) is 0 Å². The molecular formula is C10H13BrO. The van der Waals surface area contributed by atoms with Gasteiger partial charge in [0.1, 0.15) is 5.76 Å². The highest BCUT2D eigenvalue weighted by molar-refractivity contribution is 9.09. The van der Waals surface area contributed by atoms with Gasteiger partial charge in [-0.05, 0) is 30.9 Å². The Bertz CT molecular complexity index is 242. The fourth-order valence-electron chi connectivity index (χ4n) is 2.02. The summed E-state index contributed by atoms with van der Waals surface area (Å²) in [6.07, 6.45) is 4.29. The number of rotatable bonds is 1. The van der Waals surface area contributed by atoms with E-state index in [4.69, 9.17) is 4.42 Å². The molecule has 2 rings (SSSR count). The van der Waals surface area contributed by atoms with Crippen molar-refractivity contribution >= 4 is 15.9 Å². The first-order valence-corrected chi connectivity index (χ1v) is 5.38. The van der Waals surface area contributed by atoms with Gasteiger partial charge >= 0.3 is 0 Å². The van der Waals surface area contributed by atoms with Crippen LogP contribution in [0.15, 0.2) is 22.8 Å². The van der Waals surface area contributed by atoms with Crippen molar-refractivity contribution in [2.24, 2.45) is 5.92 Å². The van der Waals surface area contributed by atoms with Gasteiger partial charge in [0.15, 0.2) is 0 Å². The summed E-state index contributed by atoms with van der Waals surface area (Å²) in [6.45, 7) is 2.29. The van der Waals surface area contributed by atoms with Crippen molar-refractivity contribution in [3.8, 4) is 0 Å². The number of furan rings is 1. The molecule has 1 aliphatic rings. The summed E-state index contributed by atoms with van der Waals surface area (Å²) in [4.78, 5) is 0.674. The highest BCUT2D eigenvalue weighted by atomic mass is 79.9. The second-order valence-corrected chi connectivity index (χ2v) is 4.75. The molecular weight excluding hydrogens is 216 g/mol. The third-order valence-corrected chi connectivity index (χ3v) is 4.16. The Morgan fingerprint density at radius 1 is 1.50 bits per heavy atom. The van der Waals surface area contributed by atoms with Gasteiger partial charge in [0.25, 0.3) is 0 Å². The Morgan fingerprint density at radius 3 is 2.83 bits per heavy atom. The van der Waals surface area contributed by atoms with E-state index in [1.165, 1.54) is 12.8 Å². The van der Waals surface area contributed by atoms with E-state index >= 15 is 0 Å². The predicted molar refractivity (Wildman–Crippen MR) is 52.6 cm³/mol. The van der Waals surface area contributed by atoms with E-state index in [0.717, 1.165) is 5.76 Å². The van der Waals surface area contributed by atoms with Crippen LogP contribution in [0.1, 0.15) is 31.4 Å². The average Bonchev–Trinajstić information content (AvgIpc) is 2.64. The molecule has 0 aromatic carbocycles. The van der Waals surface area contributed by atoms with Gasteiger partial charge in [-0.25, -0.2) is 0 Å². The van der Waals surface area contributed by atoms with E-state index < -0.39 is 0 Å². The van der Waals surface area contributed by atoms with Crippen LogP contribution in [0.2, 0.25) is 0 Å². The molecule has 0 N–H and O–H groups in total. The average molecular weight is 229 g/mol. The molecule has 0 aliphatic heterocycles. The molecule has 3 unspecified atom stereocenters. The maximum absolute atomic E-state index is 5.42. The lowest BCUT2D eigenvalue weighted by Crippen LogP contribution is -2.08. The number of halogens is 1. The normalized spacial score (nSPS) is 35.7. The molecule has 0 radical (unpaired) electrons. The molecule has 3 atom stereocenters. The maximum atomic E-state index is 5.42. The highest BCUT2D eigenvalue weighted by Crippen LogP contribution is 2.42. The topological polar surface area (TPSA) is 13.1 Å². The van der Waals surface area contributed by atoms with Gasteiger partial charge < -0.3 is 4.42 Å². The molecule has 1 aromatic heterocycles. The first kappa shape index (κ1) is 8.36. The van der Waals surface area contributed by atoms with Crippen LogP contribution in [-0.4, -0.2) is 4.83 Å². The van der Waals surface area contributed by atoms with E-state index in [0.29, 0.717) is 16.7 Å². The van der Waals surface area contributed by atoms with E-state index in [2.05, 4.69) is 28.9 Å². The molecule has 1 fully saturated rings.